The molecule has 0 saturated carbocycles. The highest BCUT2D eigenvalue weighted by molar-refractivity contribution is 7.80. The van der Waals surface area contributed by atoms with Crippen molar-refractivity contribution in [3.63, 3.8) is 0 Å². The van der Waals surface area contributed by atoms with Gasteiger partial charge in [-0.25, -0.2) is 5.06 Å². The van der Waals surface area contributed by atoms with Crippen molar-refractivity contribution in [1.29, 1.82) is 0 Å². The molecule has 2 aromatic rings. The second kappa shape index (κ2) is 8.05. The summed E-state index contributed by atoms with van der Waals surface area (Å²) in [6.07, 6.45) is -4.40. The summed E-state index contributed by atoms with van der Waals surface area (Å²) >= 11 is 4.98. The number of hydroxylamine groups is 1. The van der Waals surface area contributed by atoms with Gasteiger partial charge in [-0.15, -0.1) is 0 Å². The molecule has 26 heavy (non-hydrogen) atoms. The molecule has 0 saturated heterocycles. The molecule has 2 rings (SSSR count). The molecule has 0 aliphatic rings. The molecule has 0 amide bonds. The van der Waals surface area contributed by atoms with Crippen molar-refractivity contribution >= 4 is 22.9 Å². The van der Waals surface area contributed by atoms with E-state index in [9.17, 15) is 18.4 Å². The Balaban J connectivity index is 2.42. The van der Waals surface area contributed by atoms with E-state index >= 15 is 0 Å². The molecule has 0 fully saturated rings. The summed E-state index contributed by atoms with van der Waals surface area (Å²) in [6, 6.07) is 9.24. The summed E-state index contributed by atoms with van der Waals surface area (Å²) in [4.78, 5) is -0.00512. The van der Waals surface area contributed by atoms with Gasteiger partial charge in [-0.1, -0.05) is 49.0 Å². The second-order valence-corrected chi connectivity index (χ2v) is 6.40. The number of rotatable bonds is 5. The third-order valence-corrected chi connectivity index (χ3v) is 4.35. The van der Waals surface area contributed by atoms with Crippen LogP contribution in [0.15, 0.2) is 36.4 Å². The lowest BCUT2D eigenvalue weighted by Gasteiger charge is -2.24. The van der Waals surface area contributed by atoms with Crippen LogP contribution in [-0.2, 0) is 12.8 Å². The Morgan fingerprint density at radius 2 is 1.88 bits per heavy atom. The van der Waals surface area contributed by atoms with E-state index in [0.717, 1.165) is 17.2 Å². The first-order valence-electron chi connectivity index (χ1n) is 8.06. The molecule has 3 nitrogen and oxygen atoms in total. The van der Waals surface area contributed by atoms with Crippen molar-refractivity contribution in [2.24, 2.45) is 0 Å². The van der Waals surface area contributed by atoms with Gasteiger partial charge < -0.3 is 4.74 Å². The minimum Gasteiger partial charge on any atom is -0.489 e. The number of ether oxygens (including phenoxy) is 1. The van der Waals surface area contributed by atoms with E-state index in [1.807, 2.05) is 26.0 Å². The van der Waals surface area contributed by atoms with E-state index in [1.165, 1.54) is 12.1 Å². The minimum atomic E-state index is -4.63. The summed E-state index contributed by atoms with van der Waals surface area (Å²) in [5.74, 6) is 0.571. The number of anilines is 1. The van der Waals surface area contributed by atoms with E-state index in [1.54, 1.807) is 13.0 Å². The fourth-order valence-electron chi connectivity index (χ4n) is 2.58. The van der Waals surface area contributed by atoms with Crippen LogP contribution in [0.2, 0.25) is 0 Å². The van der Waals surface area contributed by atoms with Crippen LogP contribution < -0.4 is 9.80 Å². The maximum atomic E-state index is 13.4. The van der Waals surface area contributed by atoms with Gasteiger partial charge in [-0.2, -0.15) is 13.2 Å². The van der Waals surface area contributed by atoms with Crippen molar-refractivity contribution in [2.45, 2.75) is 40.0 Å². The average molecular weight is 383 g/mol. The highest BCUT2D eigenvalue weighted by Gasteiger charge is 2.36. The SMILES string of the molecule is CCC(=S)N(O)c1c(COc2ccc(C)cc2C)cccc1C(F)(F)F. The molecule has 0 aromatic heterocycles. The highest BCUT2D eigenvalue weighted by Crippen LogP contribution is 2.39. The third kappa shape index (κ3) is 4.53. The fraction of sp³-hybridized carbons (Fsp3) is 0.316. The molecule has 140 valence electrons. The normalized spacial score (nSPS) is 11.3. The van der Waals surface area contributed by atoms with Crippen LogP contribution in [0.1, 0.15) is 35.6 Å². The van der Waals surface area contributed by atoms with Gasteiger partial charge in [-0.3, -0.25) is 5.21 Å². The number of alkyl halides is 3. The van der Waals surface area contributed by atoms with Gasteiger partial charge in [0.05, 0.1) is 11.3 Å². The minimum absolute atomic E-state index is 0.00512. The number of aryl methyl sites for hydroxylation is 2. The first kappa shape index (κ1) is 20.2. The lowest BCUT2D eigenvalue weighted by molar-refractivity contribution is -0.137. The molecule has 2 aromatic carbocycles. The molecule has 0 aliphatic heterocycles. The van der Waals surface area contributed by atoms with Gasteiger partial charge in [-0.05, 0) is 38.0 Å². The Kier molecular flexibility index (Phi) is 6.26. The van der Waals surface area contributed by atoms with Crippen LogP contribution in [0, 0.1) is 13.8 Å². The van der Waals surface area contributed by atoms with Gasteiger partial charge in [0, 0.05) is 5.56 Å². The Hall–Kier alpha value is -2.12. The van der Waals surface area contributed by atoms with Gasteiger partial charge in [0.15, 0.2) is 0 Å². The highest BCUT2D eigenvalue weighted by atomic mass is 32.1. The van der Waals surface area contributed by atoms with Gasteiger partial charge in [0.25, 0.3) is 0 Å². The van der Waals surface area contributed by atoms with Gasteiger partial charge >= 0.3 is 6.18 Å². The molecule has 1 N–H and O–H groups in total. The summed E-state index contributed by atoms with van der Waals surface area (Å²) in [6.45, 7) is 5.33. The zero-order valence-corrected chi connectivity index (χ0v) is 15.5. The first-order chi connectivity index (χ1) is 12.1. The maximum absolute atomic E-state index is 13.4. The first-order valence-corrected chi connectivity index (χ1v) is 8.47. The van der Waals surface area contributed by atoms with Crippen molar-refractivity contribution in [1.82, 2.24) is 0 Å². The molecule has 7 heteroatoms. The summed E-state index contributed by atoms with van der Waals surface area (Å²) < 4.78 is 45.9. The Bertz CT molecular complexity index is 806. The van der Waals surface area contributed by atoms with Crippen molar-refractivity contribution in [2.75, 3.05) is 5.06 Å². The molecule has 0 unspecified atom stereocenters. The number of thiocarbonyl (C=S) groups is 1. The largest absolute Gasteiger partial charge is 0.489 e. The number of para-hydroxylation sites is 1. The summed E-state index contributed by atoms with van der Waals surface area (Å²) in [5.41, 5.74) is 0.778. The van der Waals surface area contributed by atoms with Crippen LogP contribution >= 0.6 is 12.2 Å². The number of nitrogens with zero attached hydrogens (tertiary/aromatic N) is 1. The van der Waals surface area contributed by atoms with E-state index in [2.05, 4.69) is 0 Å². The fourth-order valence-corrected chi connectivity index (χ4v) is 2.67. The monoisotopic (exact) mass is 383 g/mol. The zero-order chi connectivity index (χ0) is 19.5. The molecule has 0 spiro atoms. The maximum Gasteiger partial charge on any atom is 0.418 e. The molecular weight excluding hydrogens is 363 g/mol. The van der Waals surface area contributed by atoms with E-state index in [4.69, 9.17) is 17.0 Å². The number of benzene rings is 2. The topological polar surface area (TPSA) is 32.7 Å². The number of halogens is 3. The van der Waals surface area contributed by atoms with Crippen molar-refractivity contribution in [3.8, 4) is 5.75 Å². The standard InChI is InChI=1S/C19H20F3NO2S/c1-4-17(26)23(24)18-14(6-5-7-15(18)19(20,21)22)11-25-16-9-8-12(2)10-13(16)3/h5-10,24H,4,11H2,1-3H3. The van der Waals surface area contributed by atoms with Crippen molar-refractivity contribution < 1.29 is 23.1 Å². The predicted molar refractivity (Wildman–Crippen MR) is 98.8 cm³/mol. The van der Waals surface area contributed by atoms with E-state index in [-0.39, 0.29) is 23.6 Å². The molecule has 0 radical (unpaired) electrons. The van der Waals surface area contributed by atoms with E-state index < -0.39 is 17.4 Å². The number of hydrogen-bond donors (Lipinski definition) is 1. The predicted octanol–water partition coefficient (Wildman–Crippen LogP) is 5.83. The smallest absolute Gasteiger partial charge is 0.418 e. The third-order valence-electron chi connectivity index (χ3n) is 3.89. The Morgan fingerprint density at radius 1 is 1.19 bits per heavy atom. The van der Waals surface area contributed by atoms with Crippen LogP contribution in [0.3, 0.4) is 0 Å². The van der Waals surface area contributed by atoms with Crippen LogP contribution in [0.5, 0.6) is 5.75 Å². The van der Waals surface area contributed by atoms with Gasteiger partial charge in [0.2, 0.25) is 0 Å². The lowest BCUT2D eigenvalue weighted by Crippen LogP contribution is -2.28. The molecule has 0 bridgehead atoms. The zero-order valence-electron chi connectivity index (χ0n) is 14.7. The number of hydrogen-bond acceptors (Lipinski definition) is 3. The molecule has 0 atom stereocenters. The van der Waals surface area contributed by atoms with Crippen LogP contribution in [0.25, 0.3) is 0 Å². The molecular formula is C19H20F3NO2S. The van der Waals surface area contributed by atoms with Crippen molar-refractivity contribution in [3.05, 3.63) is 58.7 Å². The summed E-state index contributed by atoms with van der Waals surface area (Å²) in [7, 11) is 0. The van der Waals surface area contributed by atoms with Crippen LogP contribution in [-0.4, -0.2) is 10.2 Å². The molecule has 0 heterocycles. The second-order valence-electron chi connectivity index (χ2n) is 5.93. The quantitative estimate of drug-likeness (QED) is 0.520. The Morgan fingerprint density at radius 3 is 2.46 bits per heavy atom. The Labute approximate surface area is 156 Å². The average Bonchev–Trinajstić information content (AvgIpc) is 2.58. The molecule has 0 aliphatic carbocycles. The summed E-state index contributed by atoms with van der Waals surface area (Å²) in [5, 5.41) is 10.7. The van der Waals surface area contributed by atoms with Gasteiger partial charge in [0.1, 0.15) is 17.3 Å². The van der Waals surface area contributed by atoms with E-state index in [0.29, 0.717) is 10.8 Å². The lowest BCUT2D eigenvalue weighted by atomic mass is 10.1. The van der Waals surface area contributed by atoms with Crippen LogP contribution in [0.4, 0.5) is 18.9 Å².